The van der Waals surface area contributed by atoms with Crippen LogP contribution in [-0.4, -0.2) is 4.57 Å². The molecule has 2 heterocycles. The number of ether oxygens (including phenoxy) is 1. The second-order valence-corrected chi connectivity index (χ2v) is 15.4. The van der Waals surface area contributed by atoms with E-state index in [2.05, 4.69) is 218 Å². The fourth-order valence-corrected chi connectivity index (χ4v) is 8.07. The van der Waals surface area contributed by atoms with Gasteiger partial charge in [0.2, 0.25) is 0 Å². The Hall–Kier alpha value is -6.84. The van der Waals surface area contributed by atoms with Crippen LogP contribution in [0.4, 0.5) is 17.1 Å². The van der Waals surface area contributed by atoms with Gasteiger partial charge in [0.25, 0.3) is 0 Å². The predicted octanol–water partition coefficient (Wildman–Crippen LogP) is 14.7. The van der Waals surface area contributed by atoms with Crippen molar-refractivity contribution in [1.82, 2.24) is 4.57 Å². The molecule has 1 aliphatic rings. The van der Waals surface area contributed by atoms with Crippen molar-refractivity contribution < 1.29 is 4.74 Å². The molecule has 8 aromatic carbocycles. The summed E-state index contributed by atoms with van der Waals surface area (Å²) in [6.07, 6.45) is 0. The molecule has 9 aromatic rings. The smallest absolute Gasteiger partial charge is 0.160 e. The van der Waals surface area contributed by atoms with E-state index in [0.29, 0.717) is 0 Å². The molecule has 0 radical (unpaired) electrons. The fourth-order valence-electron chi connectivity index (χ4n) is 8.07. The minimum absolute atomic E-state index is 0.00228. The quantitative estimate of drug-likeness (QED) is 0.171. The Morgan fingerprint density at radius 1 is 0.455 bits per heavy atom. The highest BCUT2D eigenvalue weighted by atomic mass is 16.5. The number of hydrogen-bond acceptors (Lipinski definition) is 2. The number of rotatable bonds is 6. The van der Waals surface area contributed by atoms with Gasteiger partial charge in [-0.15, -0.1) is 0 Å². The molecule has 0 fully saturated rings. The van der Waals surface area contributed by atoms with Crippen LogP contribution in [0, 0.1) is 0 Å². The Bertz CT molecular complexity index is 2750. The highest BCUT2D eigenvalue weighted by molar-refractivity contribution is 6.14. The van der Waals surface area contributed by atoms with Gasteiger partial charge < -0.3 is 14.2 Å². The maximum atomic E-state index is 6.98. The summed E-state index contributed by atoms with van der Waals surface area (Å²) in [5, 5.41) is 2.42. The summed E-state index contributed by atoms with van der Waals surface area (Å²) in [4.78, 5) is 2.33. The van der Waals surface area contributed by atoms with Crippen LogP contribution in [-0.2, 0) is 5.41 Å². The summed E-state index contributed by atoms with van der Waals surface area (Å²) in [6, 6.07) is 67.6. The third-order valence-electron chi connectivity index (χ3n) is 11.0. The van der Waals surface area contributed by atoms with E-state index >= 15 is 0 Å². The van der Waals surface area contributed by atoms with Gasteiger partial charge in [0.1, 0.15) is 0 Å². The summed E-state index contributed by atoms with van der Waals surface area (Å²) in [6.45, 7) is 6.75. The Balaban J connectivity index is 1.08. The third kappa shape index (κ3) is 5.68. The van der Waals surface area contributed by atoms with E-state index < -0.39 is 0 Å². The van der Waals surface area contributed by atoms with Crippen molar-refractivity contribution in [3.63, 3.8) is 0 Å². The molecule has 10 rings (SSSR count). The number of aromatic nitrogens is 1. The van der Waals surface area contributed by atoms with Gasteiger partial charge in [-0.2, -0.15) is 0 Å². The van der Waals surface area contributed by atoms with E-state index in [1.54, 1.807) is 0 Å². The SMILES string of the molecule is CC(C)(C)c1ccc2c(c1)Oc1c(-c3ccc(N(c4ccc(-c5ccccc5)cc4)c4ccc(-c5ccccc5)cc4)cc3)ccc3c4ccccc4n-2c13. The molecule has 0 spiro atoms. The van der Waals surface area contributed by atoms with Gasteiger partial charge >= 0.3 is 0 Å². The van der Waals surface area contributed by atoms with Crippen LogP contribution in [0.25, 0.3) is 60.9 Å². The van der Waals surface area contributed by atoms with E-state index in [0.717, 1.165) is 50.9 Å². The normalized spacial score (nSPS) is 12.1. The summed E-state index contributed by atoms with van der Waals surface area (Å²) in [7, 11) is 0. The topological polar surface area (TPSA) is 17.4 Å². The summed E-state index contributed by atoms with van der Waals surface area (Å²) < 4.78 is 9.37. The average Bonchev–Trinajstić information content (AvgIpc) is 3.57. The molecule has 3 heteroatoms. The van der Waals surface area contributed by atoms with E-state index in [4.69, 9.17) is 4.74 Å². The minimum Gasteiger partial charge on any atom is -0.452 e. The Morgan fingerprint density at radius 2 is 0.964 bits per heavy atom. The standard InChI is InChI=1S/C52H40N2O/c1-52(2,3)40-24-33-48-49(34-40)55-51-44(31-32-46-45-16-10-11-17-47(45)54(48)50(46)51)39-22-29-43(30-23-39)53(41-25-18-37(19-26-41)35-12-6-4-7-13-35)42-27-20-38(21-28-42)36-14-8-5-9-15-36/h4-34H,1-3H3. The Labute approximate surface area is 322 Å². The lowest BCUT2D eigenvalue weighted by Crippen LogP contribution is -2.13. The molecular formula is C52H40N2O. The first-order chi connectivity index (χ1) is 26.9. The summed E-state index contributed by atoms with van der Waals surface area (Å²) in [5.41, 5.74) is 14.8. The van der Waals surface area contributed by atoms with Gasteiger partial charge in [-0.3, -0.25) is 0 Å². The van der Waals surface area contributed by atoms with Crippen molar-refractivity contribution in [2.75, 3.05) is 4.90 Å². The van der Waals surface area contributed by atoms with Crippen LogP contribution in [0.1, 0.15) is 26.3 Å². The van der Waals surface area contributed by atoms with Crippen LogP contribution >= 0.6 is 0 Å². The number of nitrogens with zero attached hydrogens (tertiary/aromatic N) is 2. The molecule has 1 aromatic heterocycles. The largest absolute Gasteiger partial charge is 0.452 e. The van der Waals surface area contributed by atoms with Crippen molar-refractivity contribution in [1.29, 1.82) is 0 Å². The predicted molar refractivity (Wildman–Crippen MR) is 231 cm³/mol. The first-order valence-corrected chi connectivity index (χ1v) is 19.0. The van der Waals surface area contributed by atoms with E-state index in [1.165, 1.54) is 44.1 Å². The van der Waals surface area contributed by atoms with Crippen LogP contribution in [0.15, 0.2) is 188 Å². The first kappa shape index (κ1) is 32.8. The third-order valence-corrected chi connectivity index (χ3v) is 11.0. The van der Waals surface area contributed by atoms with Gasteiger partial charge in [0.15, 0.2) is 11.5 Å². The van der Waals surface area contributed by atoms with Gasteiger partial charge in [0, 0.05) is 33.4 Å². The maximum Gasteiger partial charge on any atom is 0.160 e. The van der Waals surface area contributed by atoms with Crippen molar-refractivity contribution in [3.05, 3.63) is 194 Å². The number of benzene rings is 8. The molecule has 0 saturated heterocycles. The molecule has 0 N–H and O–H groups in total. The zero-order chi connectivity index (χ0) is 37.1. The molecular weight excluding hydrogens is 669 g/mol. The molecule has 55 heavy (non-hydrogen) atoms. The van der Waals surface area contributed by atoms with Gasteiger partial charge in [-0.05, 0) is 99.5 Å². The lowest BCUT2D eigenvalue weighted by Gasteiger charge is -2.27. The van der Waals surface area contributed by atoms with Crippen LogP contribution in [0.2, 0.25) is 0 Å². The minimum atomic E-state index is -0.00228. The molecule has 0 atom stereocenters. The molecule has 3 nitrogen and oxygen atoms in total. The van der Waals surface area contributed by atoms with Crippen molar-refractivity contribution in [2.24, 2.45) is 0 Å². The molecule has 0 amide bonds. The second kappa shape index (κ2) is 12.9. The highest BCUT2D eigenvalue weighted by Crippen LogP contribution is 2.50. The van der Waals surface area contributed by atoms with Crippen molar-refractivity contribution in [2.45, 2.75) is 26.2 Å². The van der Waals surface area contributed by atoms with Crippen LogP contribution in [0.3, 0.4) is 0 Å². The molecule has 0 unspecified atom stereocenters. The number of hydrogen-bond donors (Lipinski definition) is 0. The van der Waals surface area contributed by atoms with Gasteiger partial charge in [-0.1, -0.05) is 148 Å². The number of anilines is 3. The van der Waals surface area contributed by atoms with Gasteiger partial charge in [-0.25, -0.2) is 0 Å². The van der Waals surface area contributed by atoms with E-state index in [1.807, 2.05) is 0 Å². The van der Waals surface area contributed by atoms with Crippen molar-refractivity contribution >= 4 is 38.9 Å². The molecule has 0 saturated carbocycles. The molecule has 264 valence electrons. The molecule has 1 aliphatic heterocycles. The van der Waals surface area contributed by atoms with Crippen LogP contribution in [0.5, 0.6) is 11.5 Å². The highest BCUT2D eigenvalue weighted by Gasteiger charge is 2.28. The van der Waals surface area contributed by atoms with E-state index in [9.17, 15) is 0 Å². The zero-order valence-corrected chi connectivity index (χ0v) is 31.2. The second-order valence-electron chi connectivity index (χ2n) is 15.4. The van der Waals surface area contributed by atoms with Gasteiger partial charge in [0.05, 0.1) is 16.7 Å². The zero-order valence-electron chi connectivity index (χ0n) is 31.2. The van der Waals surface area contributed by atoms with Crippen LogP contribution < -0.4 is 9.64 Å². The maximum absolute atomic E-state index is 6.98. The average molecular weight is 709 g/mol. The summed E-state index contributed by atoms with van der Waals surface area (Å²) >= 11 is 0. The van der Waals surface area contributed by atoms with Crippen molar-refractivity contribution in [3.8, 4) is 50.6 Å². The number of para-hydroxylation sites is 1. The Kier molecular flexibility index (Phi) is 7.71. The fraction of sp³-hybridized carbons (Fsp3) is 0.0769. The van der Waals surface area contributed by atoms with E-state index in [-0.39, 0.29) is 5.41 Å². The number of fused-ring (bicyclic) bond motifs is 5. The monoisotopic (exact) mass is 708 g/mol. The molecule has 0 bridgehead atoms. The lowest BCUT2D eigenvalue weighted by atomic mass is 9.86. The lowest BCUT2D eigenvalue weighted by molar-refractivity contribution is 0.474. The molecule has 0 aliphatic carbocycles. The Morgan fingerprint density at radius 3 is 1.53 bits per heavy atom. The summed E-state index contributed by atoms with van der Waals surface area (Å²) in [5.74, 6) is 1.78. The first-order valence-electron chi connectivity index (χ1n) is 19.0.